The smallest absolute Gasteiger partial charge is 0.332 e. The quantitative estimate of drug-likeness (QED) is 0.528. The molecule has 0 radical (unpaired) electrons. The van der Waals surface area contributed by atoms with E-state index in [0.717, 1.165) is 35.1 Å². The third-order valence-corrected chi connectivity index (χ3v) is 8.88. The second kappa shape index (κ2) is 8.35. The highest BCUT2D eigenvalue weighted by Gasteiger charge is 2.54. The van der Waals surface area contributed by atoms with Crippen LogP contribution in [0.4, 0.5) is 0 Å². The number of fused-ring (bicyclic) bond motifs is 1. The van der Waals surface area contributed by atoms with Gasteiger partial charge in [-0.05, 0) is 74.0 Å². The van der Waals surface area contributed by atoms with E-state index in [2.05, 4.69) is 9.88 Å². The summed E-state index contributed by atoms with van der Waals surface area (Å²) in [5.74, 6) is 2.82. The van der Waals surface area contributed by atoms with Gasteiger partial charge >= 0.3 is 5.69 Å². The lowest BCUT2D eigenvalue weighted by Gasteiger charge is -2.60. The molecule has 9 heteroatoms. The molecule has 1 amide bonds. The summed E-state index contributed by atoms with van der Waals surface area (Å²) in [7, 11) is 4.70. The van der Waals surface area contributed by atoms with Crippen molar-refractivity contribution in [3.63, 3.8) is 0 Å². The van der Waals surface area contributed by atoms with Crippen LogP contribution in [0.2, 0.25) is 0 Å². The third kappa shape index (κ3) is 3.59. The van der Waals surface area contributed by atoms with Crippen LogP contribution in [0.3, 0.4) is 0 Å². The number of aryl methyl sites for hydroxylation is 1. The van der Waals surface area contributed by atoms with E-state index in [1.165, 1.54) is 37.2 Å². The van der Waals surface area contributed by atoms with Gasteiger partial charge in [0, 0.05) is 26.2 Å². The largest absolute Gasteiger partial charge is 0.497 e. The van der Waals surface area contributed by atoms with Gasteiger partial charge in [0.05, 0.1) is 13.4 Å². The van der Waals surface area contributed by atoms with E-state index in [1.807, 2.05) is 24.3 Å². The molecule has 4 bridgehead atoms. The minimum absolute atomic E-state index is 0.00959. The molecule has 0 N–H and O–H groups in total. The Balaban J connectivity index is 1.39. The molecule has 4 aliphatic rings. The van der Waals surface area contributed by atoms with Crippen LogP contribution in [0.25, 0.3) is 11.2 Å². The Labute approximate surface area is 209 Å². The summed E-state index contributed by atoms with van der Waals surface area (Å²) in [4.78, 5) is 45.9. The maximum absolute atomic E-state index is 14.1. The Morgan fingerprint density at radius 2 is 1.75 bits per heavy atom. The number of methoxy groups -OCH3 is 1. The lowest BCUT2D eigenvalue weighted by Crippen LogP contribution is -2.61. The predicted octanol–water partition coefficient (Wildman–Crippen LogP) is 2.44. The molecule has 0 spiro atoms. The molecule has 2 aromatic heterocycles. The highest BCUT2D eigenvalue weighted by Crippen LogP contribution is 2.58. The molecule has 3 aromatic rings. The number of ether oxygens (including phenoxy) is 1. The van der Waals surface area contributed by atoms with E-state index >= 15 is 0 Å². The molecule has 0 unspecified atom stereocenters. The highest BCUT2D eigenvalue weighted by molar-refractivity contribution is 5.80. The molecule has 2 heterocycles. The van der Waals surface area contributed by atoms with E-state index in [9.17, 15) is 14.4 Å². The van der Waals surface area contributed by atoms with Gasteiger partial charge in [0.2, 0.25) is 5.91 Å². The van der Waals surface area contributed by atoms with Gasteiger partial charge < -0.3 is 14.2 Å². The molecule has 4 saturated carbocycles. The van der Waals surface area contributed by atoms with Crippen molar-refractivity contribution in [3.8, 4) is 5.75 Å². The fraction of sp³-hybridized carbons (Fsp3) is 0.556. The summed E-state index contributed by atoms with van der Waals surface area (Å²) < 4.78 is 9.47. The maximum atomic E-state index is 14.1. The lowest BCUT2D eigenvalue weighted by atomic mass is 9.52. The number of aromatic nitrogens is 4. The second-order valence-electron chi connectivity index (χ2n) is 11.2. The molecule has 0 aliphatic heterocycles. The van der Waals surface area contributed by atoms with Gasteiger partial charge in [-0.2, -0.15) is 0 Å². The van der Waals surface area contributed by atoms with Gasteiger partial charge in [0.25, 0.3) is 5.56 Å². The Morgan fingerprint density at radius 3 is 2.39 bits per heavy atom. The van der Waals surface area contributed by atoms with Crippen molar-refractivity contribution in [2.75, 3.05) is 7.11 Å². The third-order valence-electron chi connectivity index (χ3n) is 8.88. The molecule has 4 aliphatic carbocycles. The first-order chi connectivity index (χ1) is 17.3. The van der Waals surface area contributed by atoms with Crippen LogP contribution in [0.5, 0.6) is 5.75 Å². The summed E-state index contributed by atoms with van der Waals surface area (Å²) in [6.07, 6.45) is 8.53. The van der Waals surface area contributed by atoms with E-state index < -0.39 is 11.2 Å². The molecule has 0 atom stereocenters. The number of benzene rings is 1. The van der Waals surface area contributed by atoms with Gasteiger partial charge in [-0.1, -0.05) is 12.1 Å². The molecule has 190 valence electrons. The van der Waals surface area contributed by atoms with Crippen LogP contribution in [0.1, 0.15) is 44.1 Å². The molecular weight excluding hydrogens is 458 g/mol. The Kier molecular flexibility index (Phi) is 5.35. The zero-order valence-corrected chi connectivity index (χ0v) is 21.1. The standard InChI is InChI=1S/C27H33N5O4/c1-29-24-23(25(34)30(2)26(29)35)31(16-28-24)15-22(33)32(14-17-5-4-6-21(10-17)36-3)27-11-18-7-19(12-27)9-20(8-18)13-27/h4-6,10,16,18-20H,7-9,11-15H2,1-3H3. The molecular formula is C27H33N5O4. The first-order valence-corrected chi connectivity index (χ1v) is 12.8. The van der Waals surface area contributed by atoms with Gasteiger partial charge in [-0.25, -0.2) is 9.78 Å². The fourth-order valence-corrected chi connectivity index (χ4v) is 7.62. The number of rotatable bonds is 6. The van der Waals surface area contributed by atoms with Gasteiger partial charge in [-0.15, -0.1) is 0 Å². The van der Waals surface area contributed by atoms with Gasteiger partial charge in [-0.3, -0.25) is 18.7 Å². The van der Waals surface area contributed by atoms with E-state index in [4.69, 9.17) is 4.74 Å². The van der Waals surface area contributed by atoms with Crippen LogP contribution in [0, 0.1) is 17.8 Å². The van der Waals surface area contributed by atoms with Crippen molar-refractivity contribution < 1.29 is 9.53 Å². The zero-order chi connectivity index (χ0) is 25.2. The first-order valence-electron chi connectivity index (χ1n) is 12.8. The average Bonchev–Trinajstić information content (AvgIpc) is 3.27. The van der Waals surface area contributed by atoms with Crippen LogP contribution in [0.15, 0.2) is 40.2 Å². The first kappa shape index (κ1) is 23.1. The number of hydrogen-bond donors (Lipinski definition) is 0. The maximum Gasteiger partial charge on any atom is 0.332 e. The van der Waals surface area contributed by atoms with Crippen LogP contribution < -0.4 is 16.0 Å². The van der Waals surface area contributed by atoms with Crippen molar-refractivity contribution in [2.24, 2.45) is 31.8 Å². The van der Waals surface area contributed by atoms with Gasteiger partial charge in [0.15, 0.2) is 11.2 Å². The van der Waals surface area contributed by atoms with Crippen molar-refractivity contribution in [3.05, 3.63) is 57.0 Å². The number of hydrogen-bond acceptors (Lipinski definition) is 5. The van der Waals surface area contributed by atoms with Crippen molar-refractivity contribution in [2.45, 2.75) is 57.2 Å². The summed E-state index contributed by atoms with van der Waals surface area (Å²) in [5, 5.41) is 0. The molecule has 9 nitrogen and oxygen atoms in total. The summed E-state index contributed by atoms with van der Waals surface area (Å²) in [6, 6.07) is 7.92. The highest BCUT2D eigenvalue weighted by atomic mass is 16.5. The molecule has 0 saturated heterocycles. The number of carbonyl (C=O) groups excluding carboxylic acids is 1. The average molecular weight is 492 g/mol. The Morgan fingerprint density at radius 1 is 1.08 bits per heavy atom. The molecule has 1 aromatic carbocycles. The van der Waals surface area contributed by atoms with E-state index in [0.29, 0.717) is 29.9 Å². The molecule has 36 heavy (non-hydrogen) atoms. The number of carbonyl (C=O) groups is 1. The number of imidazole rings is 1. The SMILES string of the molecule is COc1cccc(CN(C(=O)Cn2cnc3c2c(=O)n(C)c(=O)n3C)C23CC4CC(CC(C4)C2)C3)c1. The minimum Gasteiger partial charge on any atom is -0.497 e. The van der Waals surface area contributed by atoms with Crippen molar-refractivity contribution >= 4 is 17.1 Å². The monoisotopic (exact) mass is 491 g/mol. The predicted molar refractivity (Wildman–Crippen MR) is 135 cm³/mol. The Hall–Kier alpha value is -3.36. The topological polar surface area (TPSA) is 91.4 Å². The lowest BCUT2D eigenvalue weighted by molar-refractivity contribution is -0.153. The molecule has 7 rings (SSSR count). The van der Waals surface area contributed by atoms with Crippen LogP contribution in [-0.2, 0) is 32.0 Å². The van der Waals surface area contributed by atoms with Crippen LogP contribution >= 0.6 is 0 Å². The summed E-state index contributed by atoms with van der Waals surface area (Å²) in [6.45, 7) is 0.515. The van der Waals surface area contributed by atoms with Crippen molar-refractivity contribution in [1.82, 2.24) is 23.6 Å². The number of nitrogens with zero attached hydrogens (tertiary/aromatic N) is 5. The van der Waals surface area contributed by atoms with Gasteiger partial charge in [0.1, 0.15) is 12.3 Å². The summed E-state index contributed by atoms with van der Waals surface area (Å²) in [5.41, 5.74) is 0.588. The minimum atomic E-state index is -0.437. The normalized spacial score (nSPS) is 26.5. The molecule has 4 fully saturated rings. The Bertz CT molecular complexity index is 1430. The summed E-state index contributed by atoms with van der Waals surface area (Å²) >= 11 is 0. The zero-order valence-electron chi connectivity index (χ0n) is 21.1. The van der Waals surface area contributed by atoms with Crippen molar-refractivity contribution in [1.29, 1.82) is 0 Å². The van der Waals surface area contributed by atoms with Crippen LogP contribution in [-0.4, -0.2) is 42.1 Å². The fourth-order valence-electron chi connectivity index (χ4n) is 7.62. The van der Waals surface area contributed by atoms with E-state index in [1.54, 1.807) is 18.7 Å². The second-order valence-corrected chi connectivity index (χ2v) is 11.2. The number of amides is 1. The van der Waals surface area contributed by atoms with E-state index in [-0.39, 0.29) is 23.5 Å².